The van der Waals surface area contributed by atoms with Crippen LogP contribution < -0.4 is 26.8 Å². The number of nitrogens with zero attached hydrogens (tertiary/aromatic N) is 3. The number of amides is 1. The lowest BCUT2D eigenvalue weighted by Crippen LogP contribution is -2.38. The molecule has 1 saturated carbocycles. The summed E-state index contributed by atoms with van der Waals surface area (Å²) in [6.45, 7) is 2.02. The van der Waals surface area contributed by atoms with Crippen LogP contribution in [0, 0.1) is 6.92 Å². The Kier molecular flexibility index (Phi) is 10.6. The highest BCUT2D eigenvalue weighted by Gasteiger charge is 2.26. The fraction of sp³-hybridized carbons (Fsp3) is 0.360. The first-order valence-corrected chi connectivity index (χ1v) is 11.5. The molecule has 0 radical (unpaired) electrons. The van der Waals surface area contributed by atoms with Gasteiger partial charge in [0.15, 0.2) is 5.96 Å². The first-order chi connectivity index (χ1) is 16.4. The standard InChI is InChI=1S/C25H31N7O2.2ClH/c1-15-7-12-19-18(13-15)23(28-20-5-3-4-6-21(20)29-24(26)27)32-25(30-19)31-22(33)14-16-8-10-17(34-2)11-9-16;;/h7-13,20-21H,3-6,14H2,1-2H3,(H4,26,27,29)(H2,28,30,31,32,33);2*1H/t20-,21+;;/m0../s1. The lowest BCUT2D eigenvalue weighted by atomic mass is 9.90. The van der Waals surface area contributed by atoms with Crippen LogP contribution in [0.2, 0.25) is 0 Å². The highest BCUT2D eigenvalue weighted by Crippen LogP contribution is 2.29. The van der Waals surface area contributed by atoms with Gasteiger partial charge in [-0.3, -0.25) is 10.1 Å². The maximum atomic E-state index is 12.7. The molecule has 1 fully saturated rings. The van der Waals surface area contributed by atoms with Crippen molar-refractivity contribution in [2.75, 3.05) is 17.7 Å². The van der Waals surface area contributed by atoms with Crippen LogP contribution in [0.5, 0.6) is 5.75 Å². The van der Waals surface area contributed by atoms with E-state index in [1.165, 1.54) is 0 Å². The van der Waals surface area contributed by atoms with Crippen LogP contribution in [0.25, 0.3) is 10.9 Å². The number of rotatable bonds is 7. The van der Waals surface area contributed by atoms with E-state index in [1.807, 2.05) is 49.4 Å². The summed E-state index contributed by atoms with van der Waals surface area (Å²) in [4.78, 5) is 26.4. The Hall–Kier alpha value is -3.30. The molecule has 3 aromatic rings. The number of ether oxygens (including phenoxy) is 1. The van der Waals surface area contributed by atoms with E-state index in [-0.39, 0.29) is 61.1 Å². The van der Waals surface area contributed by atoms with Crippen LogP contribution in [0.3, 0.4) is 0 Å². The number of carbonyl (C=O) groups is 1. The molecule has 2 atom stereocenters. The molecule has 1 heterocycles. The van der Waals surface area contributed by atoms with Crippen molar-refractivity contribution in [3.8, 4) is 5.75 Å². The Morgan fingerprint density at radius 2 is 1.81 bits per heavy atom. The molecule has 1 aliphatic carbocycles. The van der Waals surface area contributed by atoms with Crippen molar-refractivity contribution in [1.29, 1.82) is 0 Å². The van der Waals surface area contributed by atoms with Crippen molar-refractivity contribution in [3.63, 3.8) is 0 Å². The average Bonchev–Trinajstić information content (AvgIpc) is 2.81. The quantitative estimate of drug-likeness (QED) is 0.266. The molecule has 4 rings (SSSR count). The van der Waals surface area contributed by atoms with Crippen molar-refractivity contribution in [2.24, 2.45) is 16.5 Å². The summed E-state index contributed by atoms with van der Waals surface area (Å²) in [5.41, 5.74) is 14.1. The van der Waals surface area contributed by atoms with E-state index in [9.17, 15) is 4.79 Å². The highest BCUT2D eigenvalue weighted by atomic mass is 35.5. The number of guanidine groups is 1. The monoisotopic (exact) mass is 533 g/mol. The molecule has 6 N–H and O–H groups in total. The summed E-state index contributed by atoms with van der Waals surface area (Å²) in [6.07, 6.45) is 4.20. The lowest BCUT2D eigenvalue weighted by Gasteiger charge is -2.30. The molecular weight excluding hydrogens is 501 g/mol. The SMILES string of the molecule is COc1ccc(CC(=O)Nc2nc(N[C@H]3CCCC[C@H]3N=C(N)N)c3cc(C)ccc3n2)cc1.Cl.Cl. The summed E-state index contributed by atoms with van der Waals surface area (Å²) in [5, 5.41) is 7.29. The molecule has 0 bridgehead atoms. The summed E-state index contributed by atoms with van der Waals surface area (Å²) >= 11 is 0. The maximum Gasteiger partial charge on any atom is 0.231 e. The molecule has 194 valence electrons. The second-order valence-electron chi connectivity index (χ2n) is 8.65. The zero-order chi connectivity index (χ0) is 24.1. The van der Waals surface area contributed by atoms with Crippen molar-refractivity contribution in [1.82, 2.24) is 9.97 Å². The number of aromatic nitrogens is 2. The molecule has 1 aromatic heterocycles. The molecule has 0 aliphatic heterocycles. The van der Waals surface area contributed by atoms with Gasteiger partial charge in [0.2, 0.25) is 11.9 Å². The second-order valence-corrected chi connectivity index (χ2v) is 8.65. The van der Waals surface area contributed by atoms with Crippen LogP contribution in [-0.4, -0.2) is 41.0 Å². The molecule has 0 unspecified atom stereocenters. The third kappa shape index (κ3) is 7.35. The molecular formula is C25H33Cl2N7O2. The molecule has 1 aliphatic rings. The zero-order valence-corrected chi connectivity index (χ0v) is 22.0. The van der Waals surface area contributed by atoms with Gasteiger partial charge in [0.05, 0.1) is 31.1 Å². The average molecular weight is 534 g/mol. The Bertz CT molecular complexity index is 1200. The van der Waals surface area contributed by atoms with Crippen molar-refractivity contribution < 1.29 is 9.53 Å². The van der Waals surface area contributed by atoms with Crippen LogP contribution in [0.1, 0.15) is 36.8 Å². The third-order valence-electron chi connectivity index (χ3n) is 5.99. The fourth-order valence-corrected chi connectivity index (χ4v) is 4.31. The summed E-state index contributed by atoms with van der Waals surface area (Å²) < 4.78 is 5.17. The van der Waals surface area contributed by atoms with E-state index in [2.05, 4.69) is 25.6 Å². The van der Waals surface area contributed by atoms with Gasteiger partial charge in [-0.15, -0.1) is 24.8 Å². The van der Waals surface area contributed by atoms with E-state index in [4.69, 9.17) is 16.2 Å². The van der Waals surface area contributed by atoms with Gasteiger partial charge in [-0.05, 0) is 49.6 Å². The smallest absolute Gasteiger partial charge is 0.231 e. The molecule has 0 spiro atoms. The van der Waals surface area contributed by atoms with E-state index >= 15 is 0 Å². The fourth-order valence-electron chi connectivity index (χ4n) is 4.31. The van der Waals surface area contributed by atoms with Gasteiger partial charge in [-0.1, -0.05) is 36.6 Å². The van der Waals surface area contributed by atoms with Crippen molar-refractivity contribution in [3.05, 3.63) is 53.6 Å². The lowest BCUT2D eigenvalue weighted by molar-refractivity contribution is -0.115. The maximum absolute atomic E-state index is 12.7. The number of aliphatic imine (C=N–C) groups is 1. The normalized spacial score (nSPS) is 16.7. The summed E-state index contributed by atoms with van der Waals surface area (Å²) in [6, 6.07) is 13.4. The van der Waals surface area contributed by atoms with E-state index < -0.39 is 0 Å². The first-order valence-electron chi connectivity index (χ1n) is 11.5. The van der Waals surface area contributed by atoms with Crippen LogP contribution >= 0.6 is 24.8 Å². The number of anilines is 2. The number of hydrogen-bond donors (Lipinski definition) is 4. The number of nitrogens with one attached hydrogen (secondary N) is 2. The van der Waals surface area contributed by atoms with Crippen LogP contribution in [0.15, 0.2) is 47.5 Å². The van der Waals surface area contributed by atoms with Crippen LogP contribution in [-0.2, 0) is 11.2 Å². The van der Waals surface area contributed by atoms with Gasteiger partial charge in [0.25, 0.3) is 0 Å². The number of hydrogen-bond acceptors (Lipinski definition) is 6. The number of halogens is 2. The predicted octanol–water partition coefficient (Wildman–Crippen LogP) is 3.97. The number of benzene rings is 2. The number of aryl methyl sites for hydroxylation is 1. The minimum atomic E-state index is -0.196. The minimum absolute atomic E-state index is 0. The number of fused-ring (bicyclic) bond motifs is 1. The van der Waals surface area contributed by atoms with E-state index in [0.29, 0.717) is 5.82 Å². The molecule has 2 aromatic carbocycles. The Morgan fingerprint density at radius 3 is 2.50 bits per heavy atom. The third-order valence-corrected chi connectivity index (χ3v) is 5.99. The second kappa shape index (κ2) is 13.1. The Labute approximate surface area is 223 Å². The zero-order valence-electron chi connectivity index (χ0n) is 20.4. The number of carbonyl (C=O) groups excluding carboxylic acids is 1. The van der Waals surface area contributed by atoms with Gasteiger partial charge >= 0.3 is 0 Å². The van der Waals surface area contributed by atoms with Crippen LogP contribution in [0.4, 0.5) is 11.8 Å². The molecule has 36 heavy (non-hydrogen) atoms. The van der Waals surface area contributed by atoms with E-state index in [1.54, 1.807) is 7.11 Å². The molecule has 11 heteroatoms. The van der Waals surface area contributed by atoms with Gasteiger partial charge < -0.3 is 21.5 Å². The Balaban J connectivity index is 0.00000228. The molecule has 1 amide bonds. The predicted molar refractivity (Wildman–Crippen MR) is 150 cm³/mol. The minimum Gasteiger partial charge on any atom is -0.497 e. The highest BCUT2D eigenvalue weighted by molar-refractivity contribution is 5.95. The number of nitrogens with two attached hydrogens (primary N) is 2. The summed E-state index contributed by atoms with van der Waals surface area (Å²) in [5.74, 6) is 1.56. The van der Waals surface area contributed by atoms with Gasteiger partial charge in [-0.25, -0.2) is 9.98 Å². The molecule has 0 saturated heterocycles. The Morgan fingerprint density at radius 1 is 1.08 bits per heavy atom. The first kappa shape index (κ1) is 28.9. The topological polar surface area (TPSA) is 141 Å². The number of methoxy groups -OCH3 is 1. The van der Waals surface area contributed by atoms with Crippen molar-refractivity contribution in [2.45, 2.75) is 51.1 Å². The van der Waals surface area contributed by atoms with Gasteiger partial charge in [-0.2, -0.15) is 4.98 Å². The van der Waals surface area contributed by atoms with E-state index in [0.717, 1.165) is 53.5 Å². The molecule has 9 nitrogen and oxygen atoms in total. The van der Waals surface area contributed by atoms with Gasteiger partial charge in [0.1, 0.15) is 11.6 Å². The van der Waals surface area contributed by atoms with Crippen molar-refractivity contribution >= 4 is 59.3 Å². The van der Waals surface area contributed by atoms with Gasteiger partial charge in [0, 0.05) is 5.39 Å². The summed E-state index contributed by atoms with van der Waals surface area (Å²) in [7, 11) is 1.61. The largest absolute Gasteiger partial charge is 0.497 e.